The quantitative estimate of drug-likeness (QED) is 0.0455. The smallest absolute Gasteiger partial charge is 0.326 e. The van der Waals surface area contributed by atoms with E-state index in [4.69, 9.17) is 22.3 Å². The predicted octanol–water partition coefficient (Wildman–Crippen LogP) is -1.93. The molecule has 44 heavy (non-hydrogen) atoms. The Morgan fingerprint density at radius 2 is 1.59 bits per heavy atom. The fraction of sp³-hybridized carbons (Fsp3) is 0.370. The third-order valence-electron chi connectivity index (χ3n) is 6.63. The van der Waals surface area contributed by atoms with Gasteiger partial charge in [0.1, 0.15) is 18.1 Å². The maximum atomic E-state index is 13.5. The van der Waals surface area contributed by atoms with E-state index in [1.807, 2.05) is 24.3 Å². The number of guanidine groups is 1. The van der Waals surface area contributed by atoms with Gasteiger partial charge in [-0.1, -0.05) is 18.2 Å². The lowest BCUT2D eigenvalue weighted by Crippen LogP contribution is -2.58. The molecule has 17 heteroatoms. The van der Waals surface area contributed by atoms with E-state index in [1.54, 1.807) is 6.20 Å². The lowest BCUT2D eigenvalue weighted by atomic mass is 10.0. The lowest BCUT2D eigenvalue weighted by Gasteiger charge is -2.25. The van der Waals surface area contributed by atoms with Crippen molar-refractivity contribution in [2.45, 2.75) is 56.3 Å². The summed E-state index contributed by atoms with van der Waals surface area (Å²) in [4.78, 5) is 76.0. The van der Waals surface area contributed by atoms with Gasteiger partial charge in [0, 0.05) is 42.0 Å². The van der Waals surface area contributed by atoms with Crippen molar-refractivity contribution >= 4 is 46.5 Å². The van der Waals surface area contributed by atoms with Gasteiger partial charge in [-0.15, -0.1) is 0 Å². The number of hydrogen-bond acceptors (Lipinski definition) is 8. The molecule has 0 spiro atoms. The molecule has 0 saturated heterocycles. The Bertz CT molecular complexity index is 1480. The first-order chi connectivity index (χ1) is 20.9. The van der Waals surface area contributed by atoms with Crippen molar-refractivity contribution in [2.24, 2.45) is 22.2 Å². The van der Waals surface area contributed by atoms with Gasteiger partial charge in [0.2, 0.25) is 17.7 Å². The Balaban J connectivity index is 1.77. The number of carbonyl (C=O) groups excluding carboxylic acids is 3. The summed E-state index contributed by atoms with van der Waals surface area (Å²) < 4.78 is 0. The number of benzene rings is 1. The Hall–Kier alpha value is -5.45. The van der Waals surface area contributed by atoms with Crippen molar-refractivity contribution in [1.29, 1.82) is 0 Å². The molecule has 0 bridgehead atoms. The zero-order chi connectivity index (χ0) is 32.2. The number of nitrogens with zero attached hydrogens (tertiary/aromatic N) is 2. The van der Waals surface area contributed by atoms with Crippen LogP contribution in [-0.2, 0) is 36.8 Å². The fourth-order valence-electron chi connectivity index (χ4n) is 4.43. The number of rotatable bonds is 17. The third-order valence-corrected chi connectivity index (χ3v) is 6.63. The van der Waals surface area contributed by atoms with Crippen molar-refractivity contribution in [3.8, 4) is 0 Å². The van der Waals surface area contributed by atoms with Crippen LogP contribution in [0.15, 0.2) is 48.0 Å². The van der Waals surface area contributed by atoms with Gasteiger partial charge in [-0.3, -0.25) is 24.2 Å². The van der Waals surface area contributed by atoms with Crippen molar-refractivity contribution in [1.82, 2.24) is 30.9 Å². The molecule has 17 nitrogen and oxygen atoms in total. The molecular weight excluding hydrogens is 576 g/mol. The van der Waals surface area contributed by atoms with Crippen LogP contribution in [0.4, 0.5) is 0 Å². The van der Waals surface area contributed by atoms with Crippen molar-refractivity contribution in [2.75, 3.05) is 6.54 Å². The SMILES string of the molecule is NC(N)=NCCCC(NC(=O)C(N)Cc1c[nH]c2ccccc12)C(=O)NC(Cc1cnc[nH]1)C(=O)NC(CC(=O)O)C(=O)O. The molecule has 3 amide bonds. The molecule has 0 saturated carbocycles. The van der Waals surface area contributed by atoms with Gasteiger partial charge in [0.15, 0.2) is 5.96 Å². The van der Waals surface area contributed by atoms with Crippen molar-refractivity contribution in [3.05, 3.63) is 54.2 Å². The summed E-state index contributed by atoms with van der Waals surface area (Å²) in [5.41, 5.74) is 19.1. The summed E-state index contributed by atoms with van der Waals surface area (Å²) in [5.74, 6) is -5.52. The van der Waals surface area contributed by atoms with Gasteiger partial charge in [0.05, 0.1) is 18.8 Å². The summed E-state index contributed by atoms with van der Waals surface area (Å²) in [6.45, 7) is 0.150. The largest absolute Gasteiger partial charge is 0.481 e. The number of hydrogen-bond donors (Lipinski definition) is 10. The average molecular weight is 613 g/mol. The second-order valence-corrected chi connectivity index (χ2v) is 10.0. The van der Waals surface area contributed by atoms with Crippen molar-refractivity contribution in [3.63, 3.8) is 0 Å². The van der Waals surface area contributed by atoms with E-state index < -0.39 is 60.2 Å². The van der Waals surface area contributed by atoms with Crippen LogP contribution >= 0.6 is 0 Å². The van der Waals surface area contributed by atoms with Crippen LogP contribution in [0.5, 0.6) is 0 Å². The van der Waals surface area contributed by atoms with Crippen LogP contribution in [0, 0.1) is 0 Å². The number of carboxylic acids is 2. The Morgan fingerprint density at radius 3 is 2.25 bits per heavy atom. The first-order valence-electron chi connectivity index (χ1n) is 13.6. The topological polar surface area (TPSA) is 297 Å². The number of aliphatic imine (C=N–C) groups is 1. The molecule has 2 heterocycles. The minimum absolute atomic E-state index is 0.0588. The fourth-order valence-corrected chi connectivity index (χ4v) is 4.43. The molecular formula is C27H36N10O7. The first-order valence-corrected chi connectivity index (χ1v) is 13.6. The van der Waals surface area contributed by atoms with Gasteiger partial charge in [-0.2, -0.15) is 0 Å². The molecule has 2 aromatic heterocycles. The highest BCUT2D eigenvalue weighted by Crippen LogP contribution is 2.19. The monoisotopic (exact) mass is 612 g/mol. The molecule has 3 aromatic rings. The second-order valence-electron chi connectivity index (χ2n) is 10.0. The Kier molecular flexibility index (Phi) is 11.8. The molecule has 0 radical (unpaired) electrons. The normalized spacial score (nSPS) is 13.7. The molecule has 236 valence electrons. The molecule has 1 aromatic carbocycles. The number of nitrogens with one attached hydrogen (secondary N) is 5. The highest BCUT2D eigenvalue weighted by molar-refractivity contribution is 5.95. The van der Waals surface area contributed by atoms with Gasteiger partial charge >= 0.3 is 11.9 Å². The van der Waals surface area contributed by atoms with E-state index in [0.29, 0.717) is 5.69 Å². The van der Waals surface area contributed by atoms with Crippen molar-refractivity contribution < 1.29 is 34.2 Å². The number of carboxylic acid groups (broad SMARTS) is 2. The van der Waals surface area contributed by atoms with E-state index in [1.165, 1.54) is 12.5 Å². The van der Waals surface area contributed by atoms with E-state index in [2.05, 4.69) is 35.9 Å². The zero-order valence-corrected chi connectivity index (χ0v) is 23.7. The number of aromatic amines is 2. The Labute approximate surface area is 251 Å². The van der Waals surface area contributed by atoms with Crippen LogP contribution in [-0.4, -0.2) is 91.5 Å². The third kappa shape index (κ3) is 9.83. The molecule has 13 N–H and O–H groups in total. The number of H-pyrrole nitrogens is 2. The van der Waals surface area contributed by atoms with E-state index in [-0.39, 0.29) is 38.2 Å². The minimum atomic E-state index is -1.75. The zero-order valence-electron chi connectivity index (χ0n) is 23.7. The Morgan fingerprint density at radius 1 is 0.909 bits per heavy atom. The number of carbonyl (C=O) groups is 5. The second kappa shape index (κ2) is 15.7. The number of aliphatic carboxylic acids is 2. The van der Waals surface area contributed by atoms with Gasteiger partial charge < -0.3 is 53.3 Å². The molecule has 0 fully saturated rings. The van der Waals surface area contributed by atoms with E-state index in [9.17, 15) is 29.1 Å². The van der Waals surface area contributed by atoms with Gasteiger partial charge in [-0.05, 0) is 30.9 Å². The van der Waals surface area contributed by atoms with Gasteiger partial charge in [-0.25, -0.2) is 9.78 Å². The van der Waals surface area contributed by atoms with Gasteiger partial charge in [0.25, 0.3) is 0 Å². The summed E-state index contributed by atoms with van der Waals surface area (Å²) in [6, 6.07) is 2.18. The first kappa shape index (κ1) is 33.1. The summed E-state index contributed by atoms with van der Waals surface area (Å²) in [5, 5.41) is 26.6. The van der Waals surface area contributed by atoms with Crippen LogP contribution < -0.4 is 33.2 Å². The predicted molar refractivity (Wildman–Crippen MR) is 158 cm³/mol. The van der Waals surface area contributed by atoms with Crippen LogP contribution in [0.1, 0.15) is 30.5 Å². The molecule has 3 rings (SSSR count). The van der Waals surface area contributed by atoms with Crippen LogP contribution in [0.2, 0.25) is 0 Å². The van der Waals surface area contributed by atoms with E-state index >= 15 is 0 Å². The number of imidazole rings is 1. The highest BCUT2D eigenvalue weighted by atomic mass is 16.4. The number of fused-ring (bicyclic) bond motifs is 1. The maximum Gasteiger partial charge on any atom is 0.326 e. The summed E-state index contributed by atoms with van der Waals surface area (Å²) in [7, 11) is 0. The number of para-hydroxylation sites is 1. The number of amides is 3. The molecule has 0 aliphatic carbocycles. The van der Waals surface area contributed by atoms with E-state index in [0.717, 1.165) is 16.5 Å². The van der Waals surface area contributed by atoms with Crippen LogP contribution in [0.3, 0.4) is 0 Å². The van der Waals surface area contributed by atoms with Crippen LogP contribution in [0.25, 0.3) is 10.9 Å². The highest BCUT2D eigenvalue weighted by Gasteiger charge is 2.31. The number of aromatic nitrogens is 3. The minimum Gasteiger partial charge on any atom is -0.481 e. The summed E-state index contributed by atoms with van der Waals surface area (Å²) >= 11 is 0. The number of nitrogens with two attached hydrogens (primary N) is 3. The molecule has 0 aliphatic rings. The molecule has 0 aliphatic heterocycles. The summed E-state index contributed by atoms with van der Waals surface area (Å²) in [6.07, 6.45) is 3.96. The molecule has 4 atom stereocenters. The maximum absolute atomic E-state index is 13.5. The molecule has 4 unspecified atom stereocenters. The lowest BCUT2D eigenvalue weighted by molar-refractivity contribution is -0.147. The average Bonchev–Trinajstić information content (AvgIpc) is 3.63. The standard InChI is InChI=1S/C27H36N10O7/c28-17(8-14-11-33-18-5-2-1-4-16(14)18)23(40)35-19(6-3-7-32-27(29)30)24(41)36-20(9-15-12-31-13-34-15)25(42)37-21(26(43)44)10-22(38)39/h1-2,4-5,11-13,17,19-21,33H,3,6-10,28H2,(H,31,34)(H,35,40)(H,36,41)(H,37,42)(H,38,39)(H,43,44)(H4,29,30,32).